The topological polar surface area (TPSA) is 50.1 Å². The van der Waals surface area contributed by atoms with Gasteiger partial charge in [0, 0.05) is 31.0 Å². The normalized spacial score (nSPS) is 10.8. The predicted octanol–water partition coefficient (Wildman–Crippen LogP) is 2.81. The number of aromatic hydroxyl groups is 1. The van der Waals surface area contributed by atoms with Crippen molar-refractivity contribution in [3.8, 4) is 5.75 Å². The number of imidazole rings is 1. The zero-order chi connectivity index (χ0) is 13.5. The van der Waals surface area contributed by atoms with Gasteiger partial charge >= 0.3 is 0 Å². The summed E-state index contributed by atoms with van der Waals surface area (Å²) in [4.78, 5) is 4.00. The van der Waals surface area contributed by atoms with Crippen LogP contribution in [0.25, 0.3) is 0 Å². The lowest BCUT2D eigenvalue weighted by atomic mass is 10.2. The third kappa shape index (κ3) is 4.26. The van der Waals surface area contributed by atoms with Crippen LogP contribution < -0.4 is 5.32 Å². The summed E-state index contributed by atoms with van der Waals surface area (Å²) in [7, 11) is 0. The van der Waals surface area contributed by atoms with Gasteiger partial charge in [-0.2, -0.15) is 0 Å². The molecule has 5 heteroatoms. The number of rotatable bonds is 7. The van der Waals surface area contributed by atoms with Crippen LogP contribution in [0.1, 0.15) is 18.4 Å². The zero-order valence-electron chi connectivity index (χ0n) is 10.7. The van der Waals surface area contributed by atoms with Crippen LogP contribution in [-0.2, 0) is 13.1 Å². The molecule has 2 aromatic rings. The summed E-state index contributed by atoms with van der Waals surface area (Å²) >= 11 is 5.85. The number of halogens is 1. The minimum Gasteiger partial charge on any atom is -0.506 e. The fourth-order valence-corrected chi connectivity index (χ4v) is 2.08. The molecule has 0 amide bonds. The number of phenols is 1. The van der Waals surface area contributed by atoms with Crippen LogP contribution in [0.5, 0.6) is 5.75 Å². The van der Waals surface area contributed by atoms with Crippen molar-refractivity contribution in [2.24, 2.45) is 0 Å². The van der Waals surface area contributed by atoms with E-state index in [0.29, 0.717) is 11.6 Å². The van der Waals surface area contributed by atoms with Gasteiger partial charge in [0.25, 0.3) is 0 Å². The number of phenolic OH excluding ortho intramolecular Hbond substituents is 1. The Morgan fingerprint density at radius 3 is 3.00 bits per heavy atom. The highest BCUT2D eigenvalue weighted by atomic mass is 35.5. The maximum atomic E-state index is 9.74. The van der Waals surface area contributed by atoms with E-state index in [0.717, 1.165) is 31.5 Å². The van der Waals surface area contributed by atoms with Crippen LogP contribution >= 0.6 is 11.6 Å². The molecule has 1 aromatic carbocycles. The highest BCUT2D eigenvalue weighted by Gasteiger charge is 2.03. The van der Waals surface area contributed by atoms with E-state index in [2.05, 4.69) is 14.9 Å². The third-order valence-corrected chi connectivity index (χ3v) is 3.27. The maximum absolute atomic E-state index is 9.74. The lowest BCUT2D eigenvalue weighted by molar-refractivity contribution is 0.463. The summed E-state index contributed by atoms with van der Waals surface area (Å²) in [6.45, 7) is 2.54. The number of nitrogens with zero attached hydrogens (tertiary/aromatic N) is 2. The summed E-state index contributed by atoms with van der Waals surface area (Å²) in [5, 5.41) is 13.5. The Hall–Kier alpha value is -1.52. The van der Waals surface area contributed by atoms with Gasteiger partial charge in [-0.15, -0.1) is 0 Å². The molecule has 1 aromatic heterocycles. The molecule has 2 rings (SSSR count). The first-order valence-electron chi connectivity index (χ1n) is 6.40. The molecule has 0 aliphatic carbocycles. The molecule has 4 nitrogen and oxygen atoms in total. The number of hydrogen-bond acceptors (Lipinski definition) is 3. The molecule has 19 heavy (non-hydrogen) atoms. The van der Waals surface area contributed by atoms with Gasteiger partial charge in [0.05, 0.1) is 11.3 Å². The summed E-state index contributed by atoms with van der Waals surface area (Å²) in [6, 6.07) is 5.41. The second-order valence-corrected chi connectivity index (χ2v) is 4.84. The summed E-state index contributed by atoms with van der Waals surface area (Å²) in [5.74, 6) is 0.176. The van der Waals surface area contributed by atoms with E-state index < -0.39 is 0 Å². The van der Waals surface area contributed by atoms with Gasteiger partial charge in [-0.25, -0.2) is 4.98 Å². The number of para-hydroxylation sites is 1. The fourth-order valence-electron chi connectivity index (χ4n) is 1.89. The van der Waals surface area contributed by atoms with Gasteiger partial charge < -0.3 is 15.0 Å². The SMILES string of the molecule is Oc1c(Cl)cccc1CNCCCCn1ccnc1. The molecule has 0 saturated carbocycles. The molecule has 0 atom stereocenters. The molecule has 1 heterocycles. The van der Waals surface area contributed by atoms with Gasteiger partial charge in [-0.1, -0.05) is 23.7 Å². The number of aromatic nitrogens is 2. The van der Waals surface area contributed by atoms with Crippen molar-refractivity contribution in [2.75, 3.05) is 6.54 Å². The molecule has 0 aliphatic rings. The lowest BCUT2D eigenvalue weighted by Gasteiger charge is -2.08. The van der Waals surface area contributed by atoms with Crippen molar-refractivity contribution in [1.82, 2.24) is 14.9 Å². The van der Waals surface area contributed by atoms with Crippen molar-refractivity contribution in [1.29, 1.82) is 0 Å². The van der Waals surface area contributed by atoms with Crippen LogP contribution in [0, 0.1) is 0 Å². The van der Waals surface area contributed by atoms with E-state index in [1.807, 2.05) is 24.7 Å². The Balaban J connectivity index is 1.63. The average molecular weight is 280 g/mol. The Kier molecular flexibility index (Phi) is 5.24. The standard InChI is InChI=1S/C14H18ClN3O/c15-13-5-3-4-12(14(13)19)10-16-6-1-2-8-18-9-7-17-11-18/h3-5,7,9,11,16,19H,1-2,6,8,10H2. The van der Waals surface area contributed by atoms with Crippen molar-refractivity contribution in [2.45, 2.75) is 25.9 Å². The maximum Gasteiger partial charge on any atom is 0.138 e. The fraction of sp³-hybridized carbons (Fsp3) is 0.357. The third-order valence-electron chi connectivity index (χ3n) is 2.96. The number of hydrogen-bond donors (Lipinski definition) is 2. The largest absolute Gasteiger partial charge is 0.506 e. The number of nitrogens with one attached hydrogen (secondary N) is 1. The van der Waals surface area contributed by atoms with Gasteiger partial charge in [0.2, 0.25) is 0 Å². The first kappa shape index (κ1) is 13.9. The Bertz CT molecular complexity index is 499. The van der Waals surface area contributed by atoms with Crippen molar-refractivity contribution in [3.63, 3.8) is 0 Å². The molecular formula is C14H18ClN3O. The first-order chi connectivity index (χ1) is 9.27. The van der Waals surface area contributed by atoms with Gasteiger partial charge in [0.1, 0.15) is 5.75 Å². The molecule has 0 radical (unpaired) electrons. The number of aryl methyl sites for hydroxylation is 1. The smallest absolute Gasteiger partial charge is 0.138 e. The average Bonchev–Trinajstić information content (AvgIpc) is 2.91. The first-order valence-corrected chi connectivity index (χ1v) is 6.78. The molecule has 0 bridgehead atoms. The van der Waals surface area contributed by atoms with Crippen molar-refractivity contribution < 1.29 is 5.11 Å². The summed E-state index contributed by atoms with van der Waals surface area (Å²) in [5.41, 5.74) is 0.835. The Labute approximate surface area is 118 Å². The summed E-state index contributed by atoms with van der Waals surface area (Å²) < 4.78 is 2.07. The van der Waals surface area contributed by atoms with E-state index in [9.17, 15) is 5.11 Å². The highest BCUT2D eigenvalue weighted by Crippen LogP contribution is 2.26. The minimum atomic E-state index is 0.176. The van der Waals surface area contributed by atoms with E-state index >= 15 is 0 Å². The van der Waals surface area contributed by atoms with Crippen LogP contribution in [0.15, 0.2) is 36.9 Å². The number of unbranched alkanes of at least 4 members (excludes halogenated alkanes) is 1. The molecule has 0 unspecified atom stereocenters. The molecule has 2 N–H and O–H groups in total. The highest BCUT2D eigenvalue weighted by molar-refractivity contribution is 6.32. The van der Waals surface area contributed by atoms with E-state index in [4.69, 9.17) is 11.6 Å². The van der Waals surface area contributed by atoms with E-state index in [-0.39, 0.29) is 5.75 Å². The van der Waals surface area contributed by atoms with Crippen molar-refractivity contribution >= 4 is 11.6 Å². The van der Waals surface area contributed by atoms with Gasteiger partial charge in [-0.3, -0.25) is 0 Å². The van der Waals surface area contributed by atoms with Crippen LogP contribution in [-0.4, -0.2) is 21.2 Å². The molecule has 0 saturated heterocycles. The number of benzene rings is 1. The van der Waals surface area contributed by atoms with E-state index in [1.165, 1.54) is 0 Å². The molecular weight excluding hydrogens is 262 g/mol. The lowest BCUT2D eigenvalue weighted by Crippen LogP contribution is -2.15. The quantitative estimate of drug-likeness (QED) is 0.766. The minimum absolute atomic E-state index is 0.176. The Morgan fingerprint density at radius 1 is 1.32 bits per heavy atom. The van der Waals surface area contributed by atoms with Gasteiger partial charge in [0.15, 0.2) is 0 Å². The Morgan fingerprint density at radius 2 is 2.21 bits per heavy atom. The van der Waals surface area contributed by atoms with Crippen molar-refractivity contribution in [3.05, 3.63) is 47.5 Å². The monoisotopic (exact) mass is 279 g/mol. The molecule has 0 spiro atoms. The van der Waals surface area contributed by atoms with Crippen LogP contribution in [0.4, 0.5) is 0 Å². The predicted molar refractivity (Wildman–Crippen MR) is 76.3 cm³/mol. The van der Waals surface area contributed by atoms with Crippen LogP contribution in [0.3, 0.4) is 0 Å². The molecule has 102 valence electrons. The second kappa shape index (κ2) is 7.16. The van der Waals surface area contributed by atoms with E-state index in [1.54, 1.807) is 12.3 Å². The van der Waals surface area contributed by atoms with Crippen LogP contribution in [0.2, 0.25) is 5.02 Å². The van der Waals surface area contributed by atoms with Gasteiger partial charge in [-0.05, 0) is 25.5 Å². The zero-order valence-corrected chi connectivity index (χ0v) is 11.5. The molecule has 0 fully saturated rings. The summed E-state index contributed by atoms with van der Waals surface area (Å²) in [6.07, 6.45) is 7.78. The second-order valence-electron chi connectivity index (χ2n) is 4.43. The molecule has 0 aliphatic heterocycles.